The molecular formula is C39H21NS. The average Bonchev–Trinajstić information content (AvgIpc) is 3.78. The van der Waals surface area contributed by atoms with Crippen LogP contribution in [0.4, 0.5) is 0 Å². The van der Waals surface area contributed by atoms with Crippen molar-refractivity contribution < 1.29 is 0 Å². The molecule has 0 radical (unpaired) electrons. The Bertz CT molecular complexity index is 2470. The zero-order valence-electron chi connectivity index (χ0n) is 22.2. The Balaban J connectivity index is 1.28. The highest BCUT2D eigenvalue weighted by molar-refractivity contribution is 7.26. The molecule has 0 saturated heterocycles. The van der Waals surface area contributed by atoms with Crippen molar-refractivity contribution >= 4 is 31.6 Å². The molecule has 5 aromatic carbocycles. The SMILES string of the molecule is c1cnc2sc3c(-c4cc5c6c7c4Cc4ccc8c(c4-7)-c4c(ccc7c4-c4c(ccc(c4-6)C5)C7)C8)cccc3c2c1. The van der Waals surface area contributed by atoms with Crippen LogP contribution in [0.15, 0.2) is 79.0 Å². The minimum atomic E-state index is 1.01. The Morgan fingerprint density at radius 3 is 1.66 bits per heavy atom. The van der Waals surface area contributed by atoms with Crippen LogP contribution >= 0.6 is 11.3 Å². The largest absolute Gasteiger partial charge is 0.245 e. The number of hydrogen-bond acceptors (Lipinski definition) is 2. The van der Waals surface area contributed by atoms with Crippen LogP contribution in [0.1, 0.15) is 44.5 Å². The van der Waals surface area contributed by atoms with Gasteiger partial charge in [0.25, 0.3) is 0 Å². The third-order valence-electron chi connectivity index (χ3n) is 10.7. The number of rotatable bonds is 1. The van der Waals surface area contributed by atoms with Gasteiger partial charge >= 0.3 is 0 Å². The van der Waals surface area contributed by atoms with Gasteiger partial charge in [-0.2, -0.15) is 0 Å². The summed E-state index contributed by atoms with van der Waals surface area (Å²) >= 11 is 1.85. The van der Waals surface area contributed by atoms with Crippen LogP contribution in [0.2, 0.25) is 0 Å². The predicted octanol–water partition coefficient (Wildman–Crippen LogP) is 9.71. The third kappa shape index (κ3) is 2.17. The average molecular weight is 536 g/mol. The van der Waals surface area contributed by atoms with E-state index >= 15 is 0 Å². The number of thiophene rings is 1. The molecule has 188 valence electrons. The fourth-order valence-electron chi connectivity index (χ4n) is 9.22. The van der Waals surface area contributed by atoms with Gasteiger partial charge in [-0.3, -0.25) is 0 Å². The summed E-state index contributed by atoms with van der Waals surface area (Å²) in [4.78, 5) is 5.87. The predicted molar refractivity (Wildman–Crippen MR) is 169 cm³/mol. The topological polar surface area (TPSA) is 12.9 Å². The second-order valence-electron chi connectivity index (χ2n) is 12.6. The summed E-state index contributed by atoms with van der Waals surface area (Å²) in [5.41, 5.74) is 27.3. The second-order valence-corrected chi connectivity index (χ2v) is 13.6. The number of nitrogens with zero attached hydrogens (tertiary/aromatic N) is 1. The Labute approximate surface area is 240 Å². The Morgan fingerprint density at radius 1 is 0.463 bits per heavy atom. The zero-order valence-corrected chi connectivity index (χ0v) is 23.0. The number of fused-ring (bicyclic) bond motifs is 3. The van der Waals surface area contributed by atoms with Gasteiger partial charge in [-0.1, -0.05) is 54.6 Å². The highest BCUT2D eigenvalue weighted by Crippen LogP contribution is 2.64. The first-order valence-electron chi connectivity index (χ1n) is 14.7. The van der Waals surface area contributed by atoms with E-state index in [1.807, 2.05) is 17.5 Å². The second kappa shape index (κ2) is 6.51. The van der Waals surface area contributed by atoms with Gasteiger partial charge in [0.05, 0.1) is 0 Å². The molecule has 0 fully saturated rings. The van der Waals surface area contributed by atoms with Gasteiger partial charge in [0.1, 0.15) is 4.83 Å². The molecule has 7 aromatic rings. The zero-order chi connectivity index (χ0) is 26.1. The number of hydrogen-bond donors (Lipinski definition) is 0. The lowest BCUT2D eigenvalue weighted by Crippen LogP contribution is -1.98. The molecule has 0 bridgehead atoms. The van der Waals surface area contributed by atoms with Crippen molar-refractivity contribution in [2.45, 2.75) is 25.7 Å². The molecule has 0 amide bonds. The van der Waals surface area contributed by atoms with Crippen LogP contribution in [-0.2, 0) is 25.7 Å². The molecule has 0 spiro atoms. The van der Waals surface area contributed by atoms with Crippen molar-refractivity contribution in [2.75, 3.05) is 0 Å². The molecule has 1 nitrogen and oxygen atoms in total. The van der Waals surface area contributed by atoms with Crippen LogP contribution in [0.25, 0.3) is 75.9 Å². The number of aromatic nitrogens is 1. The summed E-state index contributed by atoms with van der Waals surface area (Å²) in [5, 5.41) is 2.60. The normalized spacial score (nSPS) is 14.9. The van der Waals surface area contributed by atoms with E-state index in [-0.39, 0.29) is 0 Å². The van der Waals surface area contributed by atoms with Crippen LogP contribution in [0.5, 0.6) is 0 Å². The van der Waals surface area contributed by atoms with E-state index in [1.165, 1.54) is 71.1 Å². The van der Waals surface area contributed by atoms with Gasteiger partial charge < -0.3 is 0 Å². The molecule has 0 saturated carbocycles. The van der Waals surface area contributed by atoms with Crippen LogP contribution in [0, 0.1) is 0 Å². The van der Waals surface area contributed by atoms with E-state index in [1.54, 1.807) is 44.5 Å². The summed E-state index contributed by atoms with van der Waals surface area (Å²) in [6.45, 7) is 0. The molecule has 0 N–H and O–H groups in total. The monoisotopic (exact) mass is 535 g/mol. The van der Waals surface area contributed by atoms with Crippen LogP contribution in [0.3, 0.4) is 0 Å². The fraction of sp³-hybridized carbons (Fsp3) is 0.103. The molecule has 0 atom stereocenters. The first kappa shape index (κ1) is 20.4. The summed E-state index contributed by atoms with van der Waals surface area (Å²) in [6, 6.07) is 28.4. The molecule has 2 heteroatoms. The molecule has 2 aromatic heterocycles. The van der Waals surface area contributed by atoms with Crippen molar-refractivity contribution in [3.63, 3.8) is 0 Å². The fourth-order valence-corrected chi connectivity index (χ4v) is 10.4. The van der Waals surface area contributed by atoms with Crippen molar-refractivity contribution in [1.82, 2.24) is 4.98 Å². The van der Waals surface area contributed by atoms with E-state index in [0.717, 1.165) is 30.5 Å². The van der Waals surface area contributed by atoms with Crippen molar-refractivity contribution in [2.24, 2.45) is 0 Å². The van der Waals surface area contributed by atoms with Crippen LogP contribution in [-0.4, -0.2) is 4.98 Å². The maximum Gasteiger partial charge on any atom is 0.124 e. The van der Waals surface area contributed by atoms with Crippen molar-refractivity contribution in [1.29, 1.82) is 0 Å². The van der Waals surface area contributed by atoms with Gasteiger partial charge in [-0.25, -0.2) is 4.98 Å². The van der Waals surface area contributed by atoms with Gasteiger partial charge in [0, 0.05) is 21.7 Å². The molecule has 5 aliphatic rings. The molecule has 5 aliphatic carbocycles. The van der Waals surface area contributed by atoms with Crippen molar-refractivity contribution in [3.05, 3.63) is 124 Å². The summed E-state index contributed by atoms with van der Waals surface area (Å²) in [7, 11) is 0. The Hall–Kier alpha value is -4.53. The van der Waals surface area contributed by atoms with E-state index in [0.29, 0.717) is 0 Å². The highest BCUT2D eigenvalue weighted by atomic mass is 32.1. The lowest BCUT2D eigenvalue weighted by Gasteiger charge is -2.23. The minimum Gasteiger partial charge on any atom is -0.245 e. The third-order valence-corrected chi connectivity index (χ3v) is 11.9. The van der Waals surface area contributed by atoms with Gasteiger partial charge in [-0.05, 0) is 144 Å². The summed E-state index contributed by atoms with van der Waals surface area (Å²) in [6.07, 6.45) is 6.08. The van der Waals surface area contributed by atoms with Crippen molar-refractivity contribution in [3.8, 4) is 55.6 Å². The standard InChI is InChI=1S/C39H21NS/c1-3-25-27-5-2-12-40-39(27)41-38(25)26(4-1)28-17-24-15-22-9-8-20-13-18-6-7-19-14-21-10-11-23-16-29(28)37-35(23)33(21)31(19)30(18)32(20)34(22)36(24)37/h1-12,17H,13-16H2. The molecule has 0 aliphatic heterocycles. The molecule has 12 rings (SSSR count). The summed E-state index contributed by atoms with van der Waals surface area (Å²) < 4.78 is 1.37. The molecule has 0 unspecified atom stereocenters. The Morgan fingerprint density at radius 2 is 1.00 bits per heavy atom. The molecule has 2 heterocycles. The quantitative estimate of drug-likeness (QED) is 0.204. The van der Waals surface area contributed by atoms with E-state index in [9.17, 15) is 0 Å². The highest BCUT2D eigenvalue weighted by Gasteiger charge is 2.42. The maximum atomic E-state index is 4.74. The van der Waals surface area contributed by atoms with Gasteiger partial charge in [-0.15, -0.1) is 11.3 Å². The van der Waals surface area contributed by atoms with E-state index < -0.39 is 0 Å². The summed E-state index contributed by atoms with van der Waals surface area (Å²) in [5.74, 6) is 0. The molecule has 41 heavy (non-hydrogen) atoms. The first-order chi connectivity index (χ1) is 20.3. The first-order valence-corrected chi connectivity index (χ1v) is 15.5. The minimum absolute atomic E-state index is 1.01. The van der Waals surface area contributed by atoms with Gasteiger partial charge in [0.15, 0.2) is 0 Å². The lowest BCUT2D eigenvalue weighted by atomic mass is 9.80. The number of benzene rings is 5. The molecular weight excluding hydrogens is 515 g/mol. The Kier molecular flexibility index (Phi) is 3.23. The maximum absolute atomic E-state index is 4.74. The van der Waals surface area contributed by atoms with Crippen LogP contribution < -0.4 is 0 Å². The smallest absolute Gasteiger partial charge is 0.124 e. The van der Waals surface area contributed by atoms with E-state index in [4.69, 9.17) is 4.98 Å². The van der Waals surface area contributed by atoms with Gasteiger partial charge in [0.2, 0.25) is 0 Å². The van der Waals surface area contributed by atoms with E-state index in [2.05, 4.69) is 72.8 Å². The lowest BCUT2D eigenvalue weighted by molar-refractivity contribution is 1.21. The number of pyridine rings is 1.